The summed E-state index contributed by atoms with van der Waals surface area (Å²) in [5, 5.41) is 2.11. The Hall–Kier alpha value is -2.77. The minimum Gasteiger partial charge on any atom is -0.493 e. The molecule has 0 unspecified atom stereocenters. The molecular formula is C33H37Br2N3O2. The van der Waals surface area contributed by atoms with Gasteiger partial charge < -0.3 is 9.47 Å². The summed E-state index contributed by atoms with van der Waals surface area (Å²) in [6.07, 6.45) is 12.8. The lowest BCUT2D eigenvalue weighted by atomic mass is 10.0. The molecule has 0 saturated carbocycles. The molecule has 7 heteroatoms. The molecule has 0 atom stereocenters. The number of unbranched alkanes of at least 4 members (excludes halogenated alkanes) is 6. The van der Waals surface area contributed by atoms with Crippen LogP contribution in [0.4, 0.5) is 0 Å². The maximum atomic E-state index is 6.24. The first kappa shape index (κ1) is 30.2. The largest absolute Gasteiger partial charge is 0.493 e. The quantitative estimate of drug-likeness (QED) is 0.0830. The Morgan fingerprint density at radius 2 is 0.975 bits per heavy atom. The van der Waals surface area contributed by atoms with Crippen LogP contribution < -0.4 is 9.47 Å². The van der Waals surface area contributed by atoms with Gasteiger partial charge in [-0.05, 0) is 85.3 Å². The molecule has 0 spiro atoms. The van der Waals surface area contributed by atoms with Gasteiger partial charge in [0.15, 0.2) is 0 Å². The average Bonchev–Trinajstić information content (AvgIpc) is 3.01. The fourth-order valence-corrected chi connectivity index (χ4v) is 5.17. The van der Waals surface area contributed by atoms with Crippen molar-refractivity contribution in [1.29, 1.82) is 0 Å². The third kappa shape index (κ3) is 9.70. The Kier molecular flexibility index (Phi) is 12.9. The molecule has 0 aliphatic carbocycles. The van der Waals surface area contributed by atoms with Crippen molar-refractivity contribution in [3.8, 4) is 45.4 Å². The van der Waals surface area contributed by atoms with Gasteiger partial charge in [0.2, 0.25) is 0 Å². The van der Waals surface area contributed by atoms with Crippen molar-refractivity contribution in [1.82, 2.24) is 15.0 Å². The number of alkyl halides is 2. The second kappa shape index (κ2) is 17.1. The molecule has 0 saturated heterocycles. The minimum absolute atomic E-state index is 0.687. The molecule has 0 bridgehead atoms. The molecule has 0 aliphatic heterocycles. The summed E-state index contributed by atoms with van der Waals surface area (Å²) in [4.78, 5) is 14.0. The van der Waals surface area contributed by atoms with Gasteiger partial charge in [-0.25, -0.2) is 4.98 Å². The average molecular weight is 667 g/mol. The Morgan fingerprint density at radius 3 is 1.43 bits per heavy atom. The summed E-state index contributed by atoms with van der Waals surface area (Å²) in [6, 6.07) is 22.1. The van der Waals surface area contributed by atoms with Gasteiger partial charge in [0.25, 0.3) is 0 Å². The highest BCUT2D eigenvalue weighted by Gasteiger charge is 2.13. The second-order valence-corrected chi connectivity index (χ2v) is 11.2. The molecule has 4 aromatic rings. The summed E-state index contributed by atoms with van der Waals surface area (Å²) in [5.41, 5.74) is 5.26. The van der Waals surface area contributed by atoms with Gasteiger partial charge in [-0.15, -0.1) is 0 Å². The fourth-order valence-electron chi connectivity index (χ4n) is 4.37. The lowest BCUT2D eigenvalue weighted by molar-refractivity contribution is 0.290. The van der Waals surface area contributed by atoms with E-state index in [-0.39, 0.29) is 0 Å². The Morgan fingerprint density at radius 1 is 0.500 bits per heavy atom. The van der Waals surface area contributed by atoms with E-state index in [0.717, 1.165) is 81.7 Å². The van der Waals surface area contributed by atoms with Gasteiger partial charge in [-0.2, -0.15) is 0 Å². The lowest BCUT2D eigenvalue weighted by Crippen LogP contribution is -2.01. The van der Waals surface area contributed by atoms with Crippen molar-refractivity contribution in [2.45, 2.75) is 51.4 Å². The van der Waals surface area contributed by atoms with E-state index in [0.29, 0.717) is 13.2 Å². The van der Waals surface area contributed by atoms with Gasteiger partial charge in [-0.3, -0.25) is 9.97 Å². The maximum absolute atomic E-state index is 6.24. The van der Waals surface area contributed by atoms with Crippen molar-refractivity contribution < 1.29 is 9.47 Å². The minimum atomic E-state index is 0.687. The van der Waals surface area contributed by atoms with E-state index in [1.807, 2.05) is 42.5 Å². The number of halogens is 2. The van der Waals surface area contributed by atoms with Crippen LogP contribution >= 0.6 is 31.9 Å². The van der Waals surface area contributed by atoms with Gasteiger partial charge >= 0.3 is 0 Å². The molecule has 40 heavy (non-hydrogen) atoms. The summed E-state index contributed by atoms with van der Waals surface area (Å²) in [7, 11) is 0. The molecule has 3 aromatic heterocycles. The summed E-state index contributed by atoms with van der Waals surface area (Å²) in [5.74, 6) is 1.64. The zero-order chi connectivity index (χ0) is 27.8. The monoisotopic (exact) mass is 665 g/mol. The van der Waals surface area contributed by atoms with E-state index in [1.165, 1.54) is 25.7 Å². The number of hydrogen-bond donors (Lipinski definition) is 0. The van der Waals surface area contributed by atoms with E-state index >= 15 is 0 Å². The summed E-state index contributed by atoms with van der Waals surface area (Å²) < 4.78 is 12.5. The predicted molar refractivity (Wildman–Crippen MR) is 172 cm³/mol. The molecule has 210 valence electrons. The molecule has 4 rings (SSSR count). The van der Waals surface area contributed by atoms with Crippen LogP contribution in [0.3, 0.4) is 0 Å². The van der Waals surface area contributed by atoms with Crippen LogP contribution in [0.1, 0.15) is 51.4 Å². The number of hydrogen-bond acceptors (Lipinski definition) is 5. The van der Waals surface area contributed by atoms with Gasteiger partial charge in [0.05, 0.1) is 36.0 Å². The highest BCUT2D eigenvalue weighted by molar-refractivity contribution is 9.09. The number of aromatic nitrogens is 3. The normalized spacial score (nSPS) is 10.9. The van der Waals surface area contributed by atoms with Crippen LogP contribution in [-0.4, -0.2) is 38.8 Å². The van der Waals surface area contributed by atoms with Crippen LogP contribution in [-0.2, 0) is 0 Å². The van der Waals surface area contributed by atoms with Crippen LogP contribution in [0, 0.1) is 0 Å². The number of ether oxygens (including phenoxy) is 2. The molecule has 1 aromatic carbocycles. The van der Waals surface area contributed by atoms with E-state index in [9.17, 15) is 0 Å². The predicted octanol–water partition coefficient (Wildman–Crippen LogP) is 9.54. The molecule has 0 aliphatic rings. The molecular weight excluding hydrogens is 630 g/mol. The van der Waals surface area contributed by atoms with Crippen molar-refractivity contribution in [2.75, 3.05) is 23.9 Å². The Balaban J connectivity index is 1.63. The van der Waals surface area contributed by atoms with E-state index in [2.05, 4.69) is 66.1 Å². The fraction of sp³-hybridized carbons (Fsp3) is 0.364. The summed E-state index contributed by atoms with van der Waals surface area (Å²) in [6.45, 7) is 1.37. The first-order chi connectivity index (χ1) is 19.8. The van der Waals surface area contributed by atoms with Gasteiger partial charge in [0.1, 0.15) is 11.5 Å². The maximum Gasteiger partial charge on any atom is 0.123 e. The number of nitrogens with zero attached hydrogens (tertiary/aromatic N) is 3. The third-order valence-corrected chi connectivity index (χ3v) is 7.61. The number of benzene rings is 1. The van der Waals surface area contributed by atoms with Gasteiger partial charge in [0, 0.05) is 29.1 Å². The molecule has 0 N–H and O–H groups in total. The van der Waals surface area contributed by atoms with Crippen LogP contribution in [0.25, 0.3) is 33.9 Å². The third-order valence-electron chi connectivity index (χ3n) is 6.49. The van der Waals surface area contributed by atoms with Crippen LogP contribution in [0.5, 0.6) is 11.5 Å². The summed E-state index contributed by atoms with van der Waals surface area (Å²) >= 11 is 7.02. The van der Waals surface area contributed by atoms with Crippen molar-refractivity contribution in [3.05, 3.63) is 79.1 Å². The number of pyridine rings is 3. The standard InChI is InChI=1S/C33H37Br2N3O2/c34-15-7-1-3-11-19-39-28-21-26(22-29(25-28)40-20-12-4-2-8-16-35)27-23-32(30-13-5-9-17-36-30)38-33(24-27)31-14-6-10-18-37-31/h5-6,9-10,13-14,17-18,21-25H,1-4,7-8,11-12,15-16,19-20H2. The van der Waals surface area contributed by atoms with E-state index < -0.39 is 0 Å². The van der Waals surface area contributed by atoms with E-state index in [4.69, 9.17) is 14.5 Å². The topological polar surface area (TPSA) is 57.1 Å². The van der Waals surface area contributed by atoms with Gasteiger partial charge in [-0.1, -0.05) is 69.7 Å². The zero-order valence-electron chi connectivity index (χ0n) is 22.9. The van der Waals surface area contributed by atoms with Crippen molar-refractivity contribution in [2.24, 2.45) is 0 Å². The van der Waals surface area contributed by atoms with Crippen LogP contribution in [0.2, 0.25) is 0 Å². The Labute approximate surface area is 255 Å². The molecule has 3 heterocycles. The van der Waals surface area contributed by atoms with Crippen molar-refractivity contribution >= 4 is 31.9 Å². The Bertz CT molecular complexity index is 1200. The first-order valence-corrected chi connectivity index (χ1v) is 16.4. The van der Waals surface area contributed by atoms with E-state index in [1.54, 1.807) is 12.4 Å². The zero-order valence-corrected chi connectivity index (χ0v) is 26.1. The molecule has 0 amide bonds. The highest BCUT2D eigenvalue weighted by Crippen LogP contribution is 2.34. The van der Waals surface area contributed by atoms with Crippen molar-refractivity contribution in [3.63, 3.8) is 0 Å². The molecule has 5 nitrogen and oxygen atoms in total. The number of rotatable bonds is 17. The lowest BCUT2D eigenvalue weighted by Gasteiger charge is -2.14. The van der Waals surface area contributed by atoms with Crippen LogP contribution in [0.15, 0.2) is 79.1 Å². The highest BCUT2D eigenvalue weighted by atomic mass is 79.9. The molecule has 0 radical (unpaired) electrons. The first-order valence-electron chi connectivity index (χ1n) is 14.1. The second-order valence-electron chi connectivity index (χ2n) is 9.65. The smallest absolute Gasteiger partial charge is 0.123 e. The SMILES string of the molecule is BrCCCCCCOc1cc(OCCCCCCBr)cc(-c2cc(-c3ccccn3)nc(-c3ccccn3)c2)c1. The molecule has 0 fully saturated rings.